The van der Waals surface area contributed by atoms with E-state index in [-0.39, 0.29) is 12.1 Å². The van der Waals surface area contributed by atoms with Crippen molar-refractivity contribution >= 4 is 23.3 Å². The number of terminal acetylenes is 1. The van der Waals surface area contributed by atoms with E-state index in [1.807, 2.05) is 39.0 Å². The predicted molar refractivity (Wildman–Crippen MR) is 105 cm³/mol. The second-order valence-corrected chi connectivity index (χ2v) is 5.99. The lowest BCUT2D eigenvalue weighted by molar-refractivity contribution is -0.137. The largest absolute Gasteiger partial charge is 0.481 e. The molecule has 1 aromatic rings. The second kappa shape index (κ2) is 10.8. The van der Waals surface area contributed by atoms with E-state index in [0.29, 0.717) is 24.4 Å². The van der Waals surface area contributed by atoms with E-state index < -0.39 is 5.97 Å². The number of para-hydroxylation sites is 1. The minimum absolute atomic E-state index is 0.0772. The van der Waals surface area contributed by atoms with Gasteiger partial charge < -0.3 is 21.1 Å². The van der Waals surface area contributed by atoms with Gasteiger partial charge in [0.15, 0.2) is 0 Å². The van der Waals surface area contributed by atoms with Crippen LogP contribution in [0.15, 0.2) is 30.4 Å². The van der Waals surface area contributed by atoms with Gasteiger partial charge in [0.25, 0.3) is 5.91 Å². The molecule has 2 atom stereocenters. The molecule has 1 amide bonds. The van der Waals surface area contributed by atoms with Crippen LogP contribution in [-0.4, -0.2) is 29.7 Å². The van der Waals surface area contributed by atoms with E-state index in [1.165, 1.54) is 0 Å². The standard InChI is InChI=1S/C14H15N3O.C6H12O2/c1-3-5-9-12-16-11-8-6-7-10(13(11)17-12)14(18)15-4-2;1-3-5(2)4-6(7)8/h1,5-9,12,16-17H,4H2,2H3,(H,15,18);5H,3-4H2,1-2H3,(H,7,8)/b9-5+;. The monoisotopic (exact) mass is 357 g/mol. The summed E-state index contributed by atoms with van der Waals surface area (Å²) in [6.45, 7) is 6.43. The van der Waals surface area contributed by atoms with Crippen LogP contribution < -0.4 is 16.0 Å². The van der Waals surface area contributed by atoms with Crippen LogP contribution in [0.4, 0.5) is 11.4 Å². The van der Waals surface area contributed by atoms with Crippen LogP contribution in [0.3, 0.4) is 0 Å². The van der Waals surface area contributed by atoms with E-state index in [1.54, 1.807) is 12.1 Å². The Morgan fingerprint density at radius 1 is 1.38 bits per heavy atom. The van der Waals surface area contributed by atoms with Crippen molar-refractivity contribution in [3.05, 3.63) is 35.9 Å². The summed E-state index contributed by atoms with van der Waals surface area (Å²) in [6, 6.07) is 5.58. The highest BCUT2D eigenvalue weighted by atomic mass is 16.4. The third-order valence-electron chi connectivity index (χ3n) is 3.86. The molecular formula is C20H27N3O3. The molecule has 1 aromatic carbocycles. The van der Waals surface area contributed by atoms with Gasteiger partial charge in [0, 0.05) is 13.0 Å². The Bertz CT molecular complexity index is 692. The fraction of sp³-hybridized carbons (Fsp3) is 0.400. The number of carbonyl (C=O) groups excluding carboxylic acids is 1. The quantitative estimate of drug-likeness (QED) is 0.587. The van der Waals surface area contributed by atoms with Crippen molar-refractivity contribution in [1.82, 2.24) is 5.32 Å². The van der Waals surface area contributed by atoms with E-state index in [9.17, 15) is 9.59 Å². The fourth-order valence-corrected chi connectivity index (χ4v) is 2.32. The molecule has 0 bridgehead atoms. The Balaban J connectivity index is 0.000000359. The highest BCUT2D eigenvalue weighted by molar-refractivity contribution is 6.03. The van der Waals surface area contributed by atoms with Gasteiger partial charge in [0.05, 0.1) is 16.9 Å². The Kier molecular flexibility index (Phi) is 8.79. The van der Waals surface area contributed by atoms with E-state index in [0.717, 1.165) is 17.8 Å². The van der Waals surface area contributed by atoms with E-state index >= 15 is 0 Å². The Labute approximate surface area is 155 Å². The fourth-order valence-electron chi connectivity index (χ4n) is 2.32. The molecule has 6 heteroatoms. The molecule has 0 radical (unpaired) electrons. The zero-order valence-electron chi connectivity index (χ0n) is 15.5. The number of carbonyl (C=O) groups is 2. The van der Waals surface area contributed by atoms with Gasteiger partial charge in [-0.2, -0.15) is 0 Å². The van der Waals surface area contributed by atoms with Crippen LogP contribution in [0.5, 0.6) is 0 Å². The first kappa shape index (κ1) is 21.1. The summed E-state index contributed by atoms with van der Waals surface area (Å²) in [6.07, 6.45) is 9.81. The highest BCUT2D eigenvalue weighted by Gasteiger charge is 2.22. The van der Waals surface area contributed by atoms with Crippen molar-refractivity contribution in [2.45, 2.75) is 39.8 Å². The molecule has 1 heterocycles. The van der Waals surface area contributed by atoms with Crippen LogP contribution in [0.1, 0.15) is 44.0 Å². The van der Waals surface area contributed by atoms with Crippen molar-refractivity contribution in [2.75, 3.05) is 17.2 Å². The molecule has 4 N–H and O–H groups in total. The molecule has 0 fully saturated rings. The number of benzene rings is 1. The van der Waals surface area contributed by atoms with Crippen molar-refractivity contribution < 1.29 is 14.7 Å². The average Bonchev–Trinajstić information content (AvgIpc) is 3.02. The number of hydrogen-bond acceptors (Lipinski definition) is 4. The summed E-state index contributed by atoms with van der Waals surface area (Å²) in [4.78, 5) is 21.9. The summed E-state index contributed by atoms with van der Waals surface area (Å²) in [5.41, 5.74) is 2.36. The SMILES string of the molecule is C#C/C=C/C1Nc2cccc(C(=O)NCC)c2N1.CCC(C)CC(=O)O. The third kappa shape index (κ3) is 6.52. The van der Waals surface area contributed by atoms with Crippen molar-refractivity contribution in [1.29, 1.82) is 0 Å². The molecule has 140 valence electrons. The molecule has 0 aliphatic carbocycles. The molecule has 0 spiro atoms. The van der Waals surface area contributed by atoms with Crippen molar-refractivity contribution in [3.63, 3.8) is 0 Å². The molecule has 1 aliphatic heterocycles. The van der Waals surface area contributed by atoms with Gasteiger partial charge in [0.1, 0.15) is 6.17 Å². The predicted octanol–water partition coefficient (Wildman–Crippen LogP) is 3.30. The Hall–Kier alpha value is -2.94. The minimum Gasteiger partial charge on any atom is -0.481 e. The molecule has 1 aliphatic rings. The van der Waals surface area contributed by atoms with Crippen molar-refractivity contribution in [2.24, 2.45) is 5.92 Å². The second-order valence-electron chi connectivity index (χ2n) is 5.99. The van der Waals surface area contributed by atoms with Gasteiger partial charge >= 0.3 is 5.97 Å². The van der Waals surface area contributed by atoms with E-state index in [4.69, 9.17) is 11.5 Å². The topological polar surface area (TPSA) is 90.5 Å². The van der Waals surface area contributed by atoms with E-state index in [2.05, 4.69) is 21.9 Å². The van der Waals surface area contributed by atoms with Crippen LogP contribution in [-0.2, 0) is 4.79 Å². The first-order chi connectivity index (χ1) is 12.4. The molecule has 0 saturated heterocycles. The number of nitrogens with one attached hydrogen (secondary N) is 3. The third-order valence-corrected chi connectivity index (χ3v) is 3.86. The van der Waals surface area contributed by atoms with Crippen LogP contribution in [0, 0.1) is 18.3 Å². The molecular weight excluding hydrogens is 330 g/mol. The smallest absolute Gasteiger partial charge is 0.303 e. The highest BCUT2D eigenvalue weighted by Crippen LogP contribution is 2.32. The van der Waals surface area contributed by atoms with Gasteiger partial charge in [-0.15, -0.1) is 6.42 Å². The number of carboxylic acids is 1. The zero-order valence-corrected chi connectivity index (χ0v) is 15.5. The van der Waals surface area contributed by atoms with Crippen LogP contribution >= 0.6 is 0 Å². The van der Waals surface area contributed by atoms with Gasteiger partial charge in [0.2, 0.25) is 0 Å². The summed E-state index contributed by atoms with van der Waals surface area (Å²) in [7, 11) is 0. The zero-order chi connectivity index (χ0) is 19.5. The maximum atomic E-state index is 11.9. The maximum Gasteiger partial charge on any atom is 0.303 e. The summed E-state index contributed by atoms with van der Waals surface area (Å²) >= 11 is 0. The molecule has 0 aromatic heterocycles. The lowest BCUT2D eigenvalue weighted by Crippen LogP contribution is -2.24. The molecule has 26 heavy (non-hydrogen) atoms. The molecule has 0 saturated carbocycles. The Morgan fingerprint density at radius 3 is 2.65 bits per heavy atom. The number of rotatable bonds is 6. The lowest BCUT2D eigenvalue weighted by atomic mass is 10.1. The maximum absolute atomic E-state index is 11.9. The molecule has 2 rings (SSSR count). The number of carboxylic acid groups (broad SMARTS) is 1. The number of amides is 1. The van der Waals surface area contributed by atoms with Gasteiger partial charge in [-0.05, 0) is 37.1 Å². The number of anilines is 2. The summed E-state index contributed by atoms with van der Waals surface area (Å²) in [5.74, 6) is 1.99. The summed E-state index contributed by atoms with van der Waals surface area (Å²) < 4.78 is 0. The number of allylic oxidation sites excluding steroid dienone is 1. The number of hydrogen-bond donors (Lipinski definition) is 4. The summed E-state index contributed by atoms with van der Waals surface area (Å²) in [5, 5.41) is 17.5. The Morgan fingerprint density at radius 2 is 2.12 bits per heavy atom. The van der Waals surface area contributed by atoms with Crippen LogP contribution in [0.2, 0.25) is 0 Å². The van der Waals surface area contributed by atoms with Crippen molar-refractivity contribution in [3.8, 4) is 12.3 Å². The molecule has 2 unspecified atom stereocenters. The van der Waals surface area contributed by atoms with Crippen LogP contribution in [0.25, 0.3) is 0 Å². The number of fused-ring (bicyclic) bond motifs is 1. The minimum atomic E-state index is -0.695. The lowest BCUT2D eigenvalue weighted by Gasteiger charge is -2.08. The number of aliphatic carboxylic acids is 1. The first-order valence-electron chi connectivity index (χ1n) is 8.71. The van der Waals surface area contributed by atoms with Gasteiger partial charge in [-0.1, -0.05) is 32.3 Å². The first-order valence-corrected chi connectivity index (χ1v) is 8.71. The molecule has 6 nitrogen and oxygen atoms in total. The normalized spacial score (nSPS) is 15.5. The average molecular weight is 357 g/mol. The van der Waals surface area contributed by atoms with Gasteiger partial charge in [-0.25, -0.2) is 0 Å². The van der Waals surface area contributed by atoms with Gasteiger partial charge in [-0.3, -0.25) is 9.59 Å².